The molecule has 0 saturated heterocycles. The van der Waals surface area contributed by atoms with Gasteiger partial charge in [-0.2, -0.15) is 0 Å². The molecule has 1 aromatic heterocycles. The highest BCUT2D eigenvalue weighted by molar-refractivity contribution is 5.99. The zero-order valence-electron chi connectivity index (χ0n) is 16.8. The molecular weight excluding hydrogens is 334 g/mol. The predicted octanol–water partition coefficient (Wildman–Crippen LogP) is 4.08. The second kappa shape index (κ2) is 7.51. The Labute approximate surface area is 162 Å². The van der Waals surface area contributed by atoms with E-state index in [1.54, 1.807) is 0 Å². The number of carbonyl (C=O) groups excluding carboxylic acids is 1. The molecule has 2 heterocycles. The highest BCUT2D eigenvalue weighted by atomic mass is 16.2. The fraction of sp³-hybridized carbons (Fsp3) is 0.522. The summed E-state index contributed by atoms with van der Waals surface area (Å²) in [5.74, 6) is 0.210. The van der Waals surface area contributed by atoms with Gasteiger partial charge in [0.25, 0.3) is 0 Å². The molecule has 0 radical (unpaired) electrons. The fourth-order valence-electron chi connectivity index (χ4n) is 4.38. The van der Waals surface area contributed by atoms with Crippen molar-refractivity contribution in [1.29, 1.82) is 0 Å². The molecule has 0 bridgehead atoms. The zero-order valence-corrected chi connectivity index (χ0v) is 16.8. The second-order valence-corrected chi connectivity index (χ2v) is 8.00. The Morgan fingerprint density at radius 3 is 2.63 bits per heavy atom. The van der Waals surface area contributed by atoms with Crippen LogP contribution in [-0.4, -0.2) is 53.4 Å². The van der Waals surface area contributed by atoms with E-state index in [9.17, 15) is 4.79 Å². The Morgan fingerprint density at radius 2 is 1.96 bits per heavy atom. The summed E-state index contributed by atoms with van der Waals surface area (Å²) in [6.07, 6.45) is 9.91. The molecule has 1 amide bonds. The van der Waals surface area contributed by atoms with E-state index in [0.717, 1.165) is 26.1 Å². The molecule has 1 fully saturated rings. The third-order valence-corrected chi connectivity index (χ3v) is 6.01. The maximum atomic E-state index is 12.9. The van der Waals surface area contributed by atoms with Gasteiger partial charge in [0.1, 0.15) is 0 Å². The normalized spacial score (nSPS) is 23.1. The number of nitrogens with one attached hydrogen (secondary N) is 1. The second-order valence-electron chi connectivity index (χ2n) is 8.00. The molecule has 1 N–H and O–H groups in total. The van der Waals surface area contributed by atoms with E-state index in [0.29, 0.717) is 6.04 Å². The average molecular weight is 366 g/mol. The molecule has 2 atom stereocenters. The third-order valence-electron chi connectivity index (χ3n) is 6.01. The summed E-state index contributed by atoms with van der Waals surface area (Å²) in [6, 6.07) is 6.82. The number of nitrogens with zero attached hydrogens (tertiary/aromatic N) is 2. The number of benzene rings is 1. The molecule has 0 spiro atoms. The van der Waals surface area contributed by atoms with E-state index in [4.69, 9.17) is 0 Å². The van der Waals surface area contributed by atoms with Gasteiger partial charge in [0, 0.05) is 42.8 Å². The summed E-state index contributed by atoms with van der Waals surface area (Å²) in [5, 5.41) is 1.34. The van der Waals surface area contributed by atoms with Gasteiger partial charge < -0.3 is 9.88 Å². The van der Waals surface area contributed by atoms with Crippen LogP contribution in [0.1, 0.15) is 44.2 Å². The van der Waals surface area contributed by atoms with Gasteiger partial charge in [0.05, 0.1) is 5.92 Å². The van der Waals surface area contributed by atoms with E-state index < -0.39 is 0 Å². The van der Waals surface area contributed by atoms with Crippen LogP contribution < -0.4 is 0 Å². The summed E-state index contributed by atoms with van der Waals surface area (Å²) in [4.78, 5) is 20.6. The van der Waals surface area contributed by atoms with E-state index >= 15 is 0 Å². The minimum atomic E-state index is -0.0445. The van der Waals surface area contributed by atoms with Gasteiger partial charge >= 0.3 is 0 Å². The molecule has 4 nitrogen and oxygen atoms in total. The monoisotopic (exact) mass is 365 g/mol. The van der Waals surface area contributed by atoms with Crippen LogP contribution in [0.5, 0.6) is 0 Å². The Hall–Kier alpha value is -2.07. The van der Waals surface area contributed by atoms with Crippen LogP contribution >= 0.6 is 0 Å². The van der Waals surface area contributed by atoms with Crippen molar-refractivity contribution in [2.24, 2.45) is 5.92 Å². The molecular formula is C23H31N3O. The SMILES string of the molecule is C1CC1.CCN(CC)C(=O)[C@@H]1C=C2c3cccc4[nH]cc(c34)C[C@H]2N(C)C1. The molecule has 144 valence electrons. The lowest BCUT2D eigenvalue weighted by atomic mass is 9.79. The van der Waals surface area contributed by atoms with Crippen LogP contribution in [0.25, 0.3) is 16.5 Å². The van der Waals surface area contributed by atoms with Crippen LogP contribution in [0.3, 0.4) is 0 Å². The van der Waals surface area contributed by atoms with Gasteiger partial charge in [-0.25, -0.2) is 0 Å². The third kappa shape index (κ3) is 3.43. The molecule has 3 aliphatic rings. The lowest BCUT2D eigenvalue weighted by Gasteiger charge is -2.40. The number of carbonyl (C=O) groups is 1. The van der Waals surface area contributed by atoms with E-state index in [2.05, 4.69) is 61.3 Å². The number of amides is 1. The molecule has 5 rings (SSSR count). The van der Waals surface area contributed by atoms with Crippen molar-refractivity contribution < 1.29 is 4.79 Å². The number of H-pyrrole nitrogens is 1. The minimum absolute atomic E-state index is 0.0445. The van der Waals surface area contributed by atoms with Crippen LogP contribution in [0.2, 0.25) is 0 Å². The summed E-state index contributed by atoms with van der Waals surface area (Å²) >= 11 is 0. The number of hydrogen-bond acceptors (Lipinski definition) is 2. The zero-order chi connectivity index (χ0) is 19.0. The topological polar surface area (TPSA) is 39.3 Å². The van der Waals surface area contributed by atoms with E-state index in [-0.39, 0.29) is 11.8 Å². The summed E-state index contributed by atoms with van der Waals surface area (Å²) in [5.41, 5.74) is 5.21. The molecule has 0 unspecified atom stereocenters. The standard InChI is InChI=1S/C20H25N3O.C3H6/c1-4-23(5-2)20(24)14-9-16-15-7-6-8-17-19(15)13(11-21-17)10-18(16)22(3)12-14;1-2-3-1/h6-9,11,14,18,21H,4-5,10,12H2,1-3H3;1-3H2/t14-,18-;/m1./s1. The van der Waals surface area contributed by atoms with Gasteiger partial charge in [-0.05, 0) is 50.1 Å². The summed E-state index contributed by atoms with van der Waals surface area (Å²) in [6.45, 7) is 6.47. The molecule has 1 saturated carbocycles. The first-order valence-corrected chi connectivity index (χ1v) is 10.4. The van der Waals surface area contributed by atoms with Crippen molar-refractivity contribution in [2.75, 3.05) is 26.7 Å². The van der Waals surface area contributed by atoms with Gasteiger partial charge in [0.15, 0.2) is 0 Å². The average Bonchev–Trinajstić information content (AvgIpc) is 3.52. The van der Waals surface area contributed by atoms with Crippen molar-refractivity contribution in [2.45, 2.75) is 45.6 Å². The molecule has 2 aromatic rings. The molecule has 1 aromatic carbocycles. The van der Waals surface area contributed by atoms with Gasteiger partial charge in [-0.1, -0.05) is 37.5 Å². The van der Waals surface area contributed by atoms with Crippen LogP contribution in [-0.2, 0) is 11.2 Å². The van der Waals surface area contributed by atoms with Crippen molar-refractivity contribution in [3.63, 3.8) is 0 Å². The van der Waals surface area contributed by atoms with Gasteiger partial charge in [-0.3, -0.25) is 9.69 Å². The van der Waals surface area contributed by atoms with Gasteiger partial charge in [0.2, 0.25) is 5.91 Å². The summed E-state index contributed by atoms with van der Waals surface area (Å²) in [7, 11) is 2.15. The smallest absolute Gasteiger partial charge is 0.230 e. The fourth-order valence-corrected chi connectivity index (χ4v) is 4.38. The van der Waals surface area contributed by atoms with Crippen LogP contribution in [0.15, 0.2) is 30.5 Å². The van der Waals surface area contributed by atoms with Crippen molar-refractivity contribution in [1.82, 2.24) is 14.8 Å². The molecule has 2 aliphatic carbocycles. The number of aromatic amines is 1. The highest BCUT2D eigenvalue weighted by Crippen LogP contribution is 2.40. The van der Waals surface area contributed by atoms with Gasteiger partial charge in [-0.15, -0.1) is 0 Å². The number of fused-ring (bicyclic) bond motifs is 2. The maximum Gasteiger partial charge on any atom is 0.230 e. The van der Waals surface area contributed by atoms with Crippen molar-refractivity contribution in [3.05, 3.63) is 41.6 Å². The van der Waals surface area contributed by atoms with E-state index in [1.807, 2.05) is 4.90 Å². The number of rotatable bonds is 3. The van der Waals surface area contributed by atoms with Crippen molar-refractivity contribution in [3.8, 4) is 0 Å². The minimum Gasteiger partial charge on any atom is -0.361 e. The number of hydrogen-bond donors (Lipinski definition) is 1. The van der Waals surface area contributed by atoms with Crippen LogP contribution in [0.4, 0.5) is 0 Å². The first-order chi connectivity index (χ1) is 13.1. The molecule has 1 aliphatic heterocycles. The summed E-state index contributed by atoms with van der Waals surface area (Å²) < 4.78 is 0. The lowest BCUT2D eigenvalue weighted by Crippen LogP contribution is -2.47. The molecule has 4 heteroatoms. The highest BCUT2D eigenvalue weighted by Gasteiger charge is 2.36. The predicted molar refractivity (Wildman–Crippen MR) is 112 cm³/mol. The van der Waals surface area contributed by atoms with Crippen molar-refractivity contribution >= 4 is 22.4 Å². The Bertz CT molecular complexity index is 857. The Kier molecular flexibility index (Phi) is 5.09. The number of aromatic nitrogens is 1. The lowest BCUT2D eigenvalue weighted by molar-refractivity contribution is -0.134. The number of likely N-dealkylation sites (N-methyl/N-ethyl adjacent to an activating group) is 1. The maximum absolute atomic E-state index is 12.9. The van der Waals surface area contributed by atoms with Crippen LogP contribution in [0, 0.1) is 5.92 Å². The van der Waals surface area contributed by atoms with E-state index in [1.165, 1.54) is 46.9 Å². The quantitative estimate of drug-likeness (QED) is 0.890. The first-order valence-electron chi connectivity index (χ1n) is 10.4. The Balaban J connectivity index is 0.000000547. The Morgan fingerprint density at radius 1 is 1.22 bits per heavy atom. The largest absolute Gasteiger partial charge is 0.361 e. The first kappa shape index (κ1) is 18.3. The molecule has 27 heavy (non-hydrogen) atoms.